The van der Waals surface area contributed by atoms with E-state index in [1.54, 1.807) is 0 Å². The molecule has 0 unspecified atom stereocenters. The molecule has 3 aliphatic heterocycles. The molecule has 180 valence electrons. The fraction of sp³-hybridized carbons (Fsp3) is 0.720. The molecule has 0 atom stereocenters. The van der Waals surface area contributed by atoms with Gasteiger partial charge in [-0.2, -0.15) is 0 Å². The molecule has 0 amide bonds. The number of guanidine groups is 1. The quantitative estimate of drug-likeness (QED) is 0.352. The molecule has 3 aliphatic rings. The number of piperazine rings is 1. The van der Waals surface area contributed by atoms with Crippen molar-refractivity contribution in [3.63, 3.8) is 0 Å². The molecule has 0 radical (unpaired) electrons. The number of aliphatic imine (C=N–C) groups is 1. The van der Waals surface area contributed by atoms with Gasteiger partial charge in [-0.15, -0.1) is 24.0 Å². The van der Waals surface area contributed by atoms with Gasteiger partial charge < -0.3 is 20.0 Å². The van der Waals surface area contributed by atoms with Crippen LogP contribution in [0.25, 0.3) is 0 Å². The van der Waals surface area contributed by atoms with Crippen LogP contribution in [0.2, 0.25) is 0 Å². The van der Waals surface area contributed by atoms with E-state index in [0.29, 0.717) is 0 Å². The third-order valence-corrected chi connectivity index (χ3v) is 7.68. The Hall–Kier alpha value is -1.06. The number of nitrogens with one attached hydrogen (secondary N) is 1. The average molecular weight is 555 g/mol. The van der Waals surface area contributed by atoms with Gasteiger partial charge in [0.2, 0.25) is 0 Å². The number of rotatable bonds is 4. The van der Waals surface area contributed by atoms with E-state index < -0.39 is 0 Å². The summed E-state index contributed by atoms with van der Waals surface area (Å²) in [5.74, 6) is 1.08. The molecule has 0 spiro atoms. The van der Waals surface area contributed by atoms with Crippen molar-refractivity contribution in [2.24, 2.45) is 4.99 Å². The number of hydrogen-bond acceptors (Lipinski definition) is 4. The molecule has 3 saturated heterocycles. The van der Waals surface area contributed by atoms with Gasteiger partial charge in [-0.05, 0) is 83.5 Å². The lowest BCUT2D eigenvalue weighted by atomic mass is 9.84. The van der Waals surface area contributed by atoms with Gasteiger partial charge in [-0.3, -0.25) is 9.89 Å². The van der Waals surface area contributed by atoms with E-state index in [4.69, 9.17) is 0 Å². The van der Waals surface area contributed by atoms with Crippen molar-refractivity contribution < 1.29 is 0 Å². The third kappa shape index (κ3) is 6.08. The van der Waals surface area contributed by atoms with Gasteiger partial charge in [0.15, 0.2) is 5.96 Å². The predicted octanol–water partition coefficient (Wildman–Crippen LogP) is 3.26. The van der Waals surface area contributed by atoms with Crippen molar-refractivity contribution in [2.75, 3.05) is 77.9 Å². The van der Waals surface area contributed by atoms with Crippen LogP contribution in [-0.2, 0) is 0 Å². The maximum Gasteiger partial charge on any atom is 0.193 e. The van der Waals surface area contributed by atoms with E-state index >= 15 is 0 Å². The molecule has 1 aromatic carbocycles. The predicted molar refractivity (Wildman–Crippen MR) is 147 cm³/mol. The monoisotopic (exact) mass is 554 g/mol. The van der Waals surface area contributed by atoms with Crippen LogP contribution in [0.3, 0.4) is 0 Å². The topological polar surface area (TPSA) is 37.4 Å². The first-order valence-corrected chi connectivity index (χ1v) is 12.3. The van der Waals surface area contributed by atoms with Gasteiger partial charge in [0.05, 0.1) is 0 Å². The number of anilines is 1. The highest BCUT2D eigenvalue weighted by Gasteiger charge is 2.40. The summed E-state index contributed by atoms with van der Waals surface area (Å²) in [7, 11) is 4.21. The first-order valence-electron chi connectivity index (χ1n) is 12.3. The summed E-state index contributed by atoms with van der Waals surface area (Å²) in [6.07, 6.45) is 6.62. The summed E-state index contributed by atoms with van der Waals surface area (Å²) >= 11 is 0. The number of benzene rings is 1. The number of aryl methyl sites for hydroxylation is 1. The average Bonchev–Trinajstić information content (AvgIpc) is 2.82. The molecule has 0 aromatic heterocycles. The zero-order valence-electron chi connectivity index (χ0n) is 20.4. The van der Waals surface area contributed by atoms with E-state index in [0.717, 1.165) is 38.7 Å². The van der Waals surface area contributed by atoms with Crippen LogP contribution >= 0.6 is 24.0 Å². The molecule has 3 heterocycles. The molecular weight excluding hydrogens is 511 g/mol. The Morgan fingerprint density at radius 3 is 2.28 bits per heavy atom. The minimum absolute atomic E-state index is 0. The lowest BCUT2D eigenvalue weighted by Crippen LogP contribution is -2.63. The van der Waals surface area contributed by atoms with Crippen LogP contribution in [0.15, 0.2) is 29.3 Å². The summed E-state index contributed by atoms with van der Waals surface area (Å²) < 4.78 is 0. The lowest BCUT2D eigenvalue weighted by Gasteiger charge is -2.50. The van der Waals surface area contributed by atoms with Crippen molar-refractivity contribution in [3.8, 4) is 0 Å². The molecule has 1 N–H and O–H groups in total. The summed E-state index contributed by atoms with van der Waals surface area (Å²) in [6, 6.07) is 8.87. The van der Waals surface area contributed by atoms with E-state index in [9.17, 15) is 0 Å². The van der Waals surface area contributed by atoms with E-state index in [2.05, 4.69) is 68.1 Å². The second kappa shape index (κ2) is 11.9. The van der Waals surface area contributed by atoms with Crippen LogP contribution in [0.5, 0.6) is 0 Å². The van der Waals surface area contributed by atoms with Gasteiger partial charge in [0.1, 0.15) is 0 Å². The van der Waals surface area contributed by atoms with Crippen LogP contribution in [-0.4, -0.2) is 99.2 Å². The van der Waals surface area contributed by atoms with E-state index in [1.807, 2.05) is 7.05 Å². The minimum atomic E-state index is 0. The minimum Gasteiger partial charge on any atom is -0.368 e. The second-order valence-electron chi connectivity index (χ2n) is 9.79. The molecule has 4 rings (SSSR count). The molecule has 32 heavy (non-hydrogen) atoms. The van der Waals surface area contributed by atoms with Gasteiger partial charge in [0, 0.05) is 51.0 Å². The maximum absolute atomic E-state index is 4.68. The summed E-state index contributed by atoms with van der Waals surface area (Å²) in [5, 5.41) is 3.82. The zero-order valence-corrected chi connectivity index (χ0v) is 22.7. The summed E-state index contributed by atoms with van der Waals surface area (Å²) in [6.45, 7) is 12.3. The van der Waals surface area contributed by atoms with Crippen molar-refractivity contribution >= 4 is 35.6 Å². The molecular formula is C25H43IN6. The smallest absolute Gasteiger partial charge is 0.193 e. The van der Waals surface area contributed by atoms with Crippen molar-refractivity contribution in [1.29, 1.82) is 0 Å². The Labute approximate surface area is 212 Å². The normalized spacial score (nSPS) is 23.0. The SMILES string of the molecule is CN=C(NCC1(N2CCCCC2)CCN(C)CC1)N1CCN(c2cccc(C)c2)CC1.I. The highest BCUT2D eigenvalue weighted by molar-refractivity contribution is 14.0. The standard InChI is InChI=1S/C25H42N6.HI/c1-22-8-7-9-23(20-22)29-16-18-30(19-17-29)24(26-2)27-21-25(10-14-28(3)15-11-25)31-12-5-4-6-13-31;/h7-9,20H,4-6,10-19,21H2,1-3H3,(H,26,27);1H. The van der Waals surface area contributed by atoms with Crippen LogP contribution < -0.4 is 10.2 Å². The number of piperidine rings is 2. The molecule has 0 saturated carbocycles. The Bertz CT molecular complexity index is 732. The first kappa shape index (κ1) is 25.6. The Kier molecular flexibility index (Phi) is 9.49. The lowest BCUT2D eigenvalue weighted by molar-refractivity contribution is 0.0169. The molecule has 3 fully saturated rings. The second-order valence-corrected chi connectivity index (χ2v) is 9.79. The van der Waals surface area contributed by atoms with Crippen LogP contribution in [0.4, 0.5) is 5.69 Å². The number of halogens is 1. The van der Waals surface area contributed by atoms with Gasteiger partial charge in [-0.1, -0.05) is 18.6 Å². The Morgan fingerprint density at radius 2 is 1.66 bits per heavy atom. The van der Waals surface area contributed by atoms with E-state index in [1.165, 1.54) is 69.5 Å². The molecule has 7 heteroatoms. The first-order chi connectivity index (χ1) is 15.1. The Morgan fingerprint density at radius 1 is 0.969 bits per heavy atom. The van der Waals surface area contributed by atoms with Gasteiger partial charge in [-0.25, -0.2) is 0 Å². The largest absolute Gasteiger partial charge is 0.368 e. The summed E-state index contributed by atoms with van der Waals surface area (Å²) in [4.78, 5) is 14.9. The fourth-order valence-corrected chi connectivity index (χ4v) is 5.58. The van der Waals surface area contributed by atoms with Crippen LogP contribution in [0.1, 0.15) is 37.7 Å². The maximum atomic E-state index is 4.68. The molecule has 0 bridgehead atoms. The zero-order chi connectivity index (χ0) is 21.7. The highest BCUT2D eigenvalue weighted by atomic mass is 127. The Balaban J connectivity index is 0.00000289. The molecule has 0 aliphatic carbocycles. The number of nitrogens with zero attached hydrogens (tertiary/aromatic N) is 5. The third-order valence-electron chi connectivity index (χ3n) is 7.68. The molecule has 1 aromatic rings. The van der Waals surface area contributed by atoms with Crippen LogP contribution in [0, 0.1) is 6.92 Å². The number of hydrogen-bond donors (Lipinski definition) is 1. The number of likely N-dealkylation sites (tertiary alicyclic amines) is 2. The fourth-order valence-electron chi connectivity index (χ4n) is 5.58. The van der Waals surface area contributed by atoms with Crippen molar-refractivity contribution in [2.45, 2.75) is 44.6 Å². The van der Waals surface area contributed by atoms with E-state index in [-0.39, 0.29) is 29.5 Å². The van der Waals surface area contributed by atoms with Crippen molar-refractivity contribution in [3.05, 3.63) is 29.8 Å². The van der Waals surface area contributed by atoms with Gasteiger partial charge >= 0.3 is 0 Å². The van der Waals surface area contributed by atoms with Crippen molar-refractivity contribution in [1.82, 2.24) is 20.0 Å². The van der Waals surface area contributed by atoms with Gasteiger partial charge in [0.25, 0.3) is 0 Å². The summed E-state index contributed by atoms with van der Waals surface area (Å²) in [5.41, 5.74) is 2.96. The highest BCUT2D eigenvalue weighted by Crippen LogP contribution is 2.31. The molecule has 6 nitrogen and oxygen atoms in total.